The number of carbonyl (C=O) groups excluding carboxylic acids is 1. The van der Waals surface area contributed by atoms with E-state index in [0.29, 0.717) is 17.0 Å². The Labute approximate surface area is 175 Å². The summed E-state index contributed by atoms with van der Waals surface area (Å²) >= 11 is 0. The summed E-state index contributed by atoms with van der Waals surface area (Å²) in [5, 5.41) is 9.85. The van der Waals surface area contributed by atoms with Gasteiger partial charge in [-0.25, -0.2) is 8.42 Å². The van der Waals surface area contributed by atoms with Crippen molar-refractivity contribution in [3.8, 4) is 5.75 Å². The van der Waals surface area contributed by atoms with Crippen LogP contribution < -0.4 is 9.64 Å². The van der Waals surface area contributed by atoms with Crippen LogP contribution in [0.25, 0.3) is 0 Å². The largest absolute Gasteiger partial charge is 0.497 e. The molecule has 3 rings (SSSR count). The molecular weight excluding hydrogens is 408 g/mol. The van der Waals surface area contributed by atoms with Crippen LogP contribution in [0, 0.1) is 0 Å². The molecule has 1 amide bonds. The Hall–Kier alpha value is -3.17. The summed E-state index contributed by atoms with van der Waals surface area (Å²) in [5.41, 5.74) is 1.02. The van der Waals surface area contributed by atoms with Crippen LogP contribution in [-0.4, -0.2) is 49.4 Å². The fourth-order valence-electron chi connectivity index (χ4n) is 3.33. The number of carboxylic acid groups (broad SMARTS) is 1. The molecule has 158 valence electrons. The van der Waals surface area contributed by atoms with Gasteiger partial charge >= 0.3 is 5.97 Å². The highest BCUT2D eigenvalue weighted by atomic mass is 32.2. The second-order valence-electron chi connectivity index (χ2n) is 6.66. The summed E-state index contributed by atoms with van der Waals surface area (Å²) < 4.78 is 32.7. The van der Waals surface area contributed by atoms with Gasteiger partial charge in [0.1, 0.15) is 11.8 Å². The number of benzene rings is 2. The Balaban J connectivity index is 2.12. The maximum atomic E-state index is 13.4. The topological polar surface area (TPSA) is 104 Å². The molecule has 1 N–H and O–H groups in total. The SMILES string of the molecule is C/C=C/C(=O)N1CC(C(=O)O)N(S(=O)(=O)c2ccc(OC)cc2)Cc2ccccc21. The molecule has 0 radical (unpaired) electrons. The normalized spacial score (nSPS) is 17.4. The van der Waals surface area contributed by atoms with Crippen LogP contribution in [0.1, 0.15) is 12.5 Å². The summed E-state index contributed by atoms with van der Waals surface area (Å²) in [7, 11) is -2.70. The molecule has 2 aromatic rings. The molecule has 0 aromatic heterocycles. The quantitative estimate of drug-likeness (QED) is 0.730. The Morgan fingerprint density at radius 2 is 1.80 bits per heavy atom. The van der Waals surface area contributed by atoms with Crippen molar-refractivity contribution >= 4 is 27.6 Å². The van der Waals surface area contributed by atoms with Crippen LogP contribution in [-0.2, 0) is 26.2 Å². The van der Waals surface area contributed by atoms with Crippen molar-refractivity contribution < 1.29 is 27.9 Å². The summed E-state index contributed by atoms with van der Waals surface area (Å²) in [6.45, 7) is 1.18. The van der Waals surface area contributed by atoms with Gasteiger partial charge in [-0.2, -0.15) is 4.31 Å². The predicted molar refractivity (Wildman–Crippen MR) is 111 cm³/mol. The molecule has 1 unspecified atom stereocenters. The maximum Gasteiger partial charge on any atom is 0.323 e. The number of carbonyl (C=O) groups is 2. The molecule has 2 aromatic carbocycles. The number of hydrogen-bond donors (Lipinski definition) is 1. The number of rotatable bonds is 5. The zero-order valence-corrected chi connectivity index (χ0v) is 17.4. The van der Waals surface area contributed by atoms with Crippen molar-refractivity contribution in [2.75, 3.05) is 18.6 Å². The minimum absolute atomic E-state index is 0.0553. The molecule has 0 aliphatic carbocycles. The van der Waals surface area contributed by atoms with E-state index in [-0.39, 0.29) is 18.0 Å². The van der Waals surface area contributed by atoms with Crippen molar-refractivity contribution in [3.63, 3.8) is 0 Å². The first-order valence-electron chi connectivity index (χ1n) is 9.20. The number of carboxylic acids is 1. The molecule has 9 heteroatoms. The predicted octanol–water partition coefficient (Wildman–Crippen LogP) is 2.26. The Bertz CT molecular complexity index is 1080. The molecule has 1 aliphatic heterocycles. The fraction of sp³-hybridized carbons (Fsp3) is 0.238. The minimum atomic E-state index is -4.17. The Morgan fingerprint density at radius 1 is 1.13 bits per heavy atom. The second kappa shape index (κ2) is 8.68. The zero-order chi connectivity index (χ0) is 21.9. The van der Waals surface area contributed by atoms with Gasteiger partial charge in [0.25, 0.3) is 5.91 Å². The molecule has 1 heterocycles. The van der Waals surface area contributed by atoms with Crippen LogP contribution in [0.15, 0.2) is 65.6 Å². The summed E-state index contributed by atoms with van der Waals surface area (Å²) in [4.78, 5) is 26.0. The second-order valence-corrected chi connectivity index (χ2v) is 8.55. The van der Waals surface area contributed by atoms with Gasteiger partial charge in [-0.1, -0.05) is 24.3 Å². The first-order chi connectivity index (χ1) is 14.3. The van der Waals surface area contributed by atoms with E-state index in [0.717, 1.165) is 4.31 Å². The number of nitrogens with zero attached hydrogens (tertiary/aromatic N) is 2. The lowest BCUT2D eigenvalue weighted by Crippen LogP contribution is -2.50. The number of methoxy groups -OCH3 is 1. The van der Waals surface area contributed by atoms with Gasteiger partial charge in [0.05, 0.1) is 18.6 Å². The highest BCUT2D eigenvalue weighted by Gasteiger charge is 2.41. The van der Waals surface area contributed by atoms with Gasteiger partial charge in [-0.15, -0.1) is 0 Å². The van der Waals surface area contributed by atoms with E-state index >= 15 is 0 Å². The van der Waals surface area contributed by atoms with Crippen LogP contribution in [0.3, 0.4) is 0 Å². The van der Waals surface area contributed by atoms with Gasteiger partial charge < -0.3 is 14.7 Å². The molecule has 0 fully saturated rings. The first kappa shape index (κ1) is 21.5. The van der Waals surface area contributed by atoms with Crippen LogP contribution in [0.5, 0.6) is 5.75 Å². The Kier molecular flexibility index (Phi) is 6.23. The number of ether oxygens (including phenoxy) is 1. The highest BCUT2D eigenvalue weighted by molar-refractivity contribution is 7.89. The molecule has 30 heavy (non-hydrogen) atoms. The third-order valence-electron chi connectivity index (χ3n) is 4.84. The number of sulfonamides is 1. The fourth-order valence-corrected chi connectivity index (χ4v) is 4.88. The van der Waals surface area contributed by atoms with Gasteiger partial charge in [-0.05, 0) is 48.9 Å². The zero-order valence-electron chi connectivity index (χ0n) is 16.6. The lowest BCUT2D eigenvalue weighted by atomic mass is 10.1. The van der Waals surface area contributed by atoms with Gasteiger partial charge in [0, 0.05) is 12.2 Å². The number of aliphatic carboxylic acids is 1. The van der Waals surface area contributed by atoms with E-state index in [4.69, 9.17) is 4.74 Å². The molecule has 8 nitrogen and oxygen atoms in total. The number of hydrogen-bond acceptors (Lipinski definition) is 5. The standard InChI is InChI=1S/C21H22N2O6S/c1-3-6-20(24)22-14-19(21(25)26)23(13-15-7-4-5-8-18(15)22)30(27,28)17-11-9-16(29-2)10-12-17/h3-12,19H,13-14H2,1-2H3,(H,25,26)/b6-3+. The number of amides is 1. The number of fused-ring (bicyclic) bond motifs is 1. The summed E-state index contributed by atoms with van der Waals surface area (Å²) in [6.07, 6.45) is 2.88. The molecule has 0 saturated heterocycles. The first-order valence-corrected chi connectivity index (χ1v) is 10.6. The molecule has 0 bridgehead atoms. The molecule has 0 saturated carbocycles. The van der Waals surface area contributed by atoms with Crippen molar-refractivity contribution in [1.29, 1.82) is 0 Å². The summed E-state index contributed by atoms with van der Waals surface area (Å²) in [5.74, 6) is -1.27. The third kappa shape index (κ3) is 4.07. The molecule has 1 atom stereocenters. The van der Waals surface area contributed by atoms with Gasteiger partial charge in [0.2, 0.25) is 10.0 Å². The molecular formula is C21H22N2O6S. The lowest BCUT2D eigenvalue weighted by molar-refractivity contribution is -0.141. The highest BCUT2D eigenvalue weighted by Crippen LogP contribution is 2.31. The van der Waals surface area contributed by atoms with Crippen LogP contribution in [0.2, 0.25) is 0 Å². The van der Waals surface area contributed by atoms with Crippen LogP contribution >= 0.6 is 0 Å². The van der Waals surface area contributed by atoms with Crippen molar-refractivity contribution in [2.45, 2.75) is 24.4 Å². The number of allylic oxidation sites excluding steroid dienone is 1. The third-order valence-corrected chi connectivity index (χ3v) is 6.71. The molecule has 0 spiro atoms. The van der Waals surface area contributed by atoms with Gasteiger partial charge in [-0.3, -0.25) is 9.59 Å². The van der Waals surface area contributed by atoms with E-state index in [1.807, 2.05) is 0 Å². The average molecular weight is 430 g/mol. The monoisotopic (exact) mass is 430 g/mol. The van der Waals surface area contributed by atoms with E-state index < -0.39 is 27.9 Å². The van der Waals surface area contributed by atoms with E-state index in [1.165, 1.54) is 42.4 Å². The van der Waals surface area contributed by atoms with Gasteiger partial charge in [0.15, 0.2) is 0 Å². The van der Waals surface area contributed by atoms with Crippen molar-refractivity contribution in [2.24, 2.45) is 0 Å². The lowest BCUT2D eigenvalue weighted by Gasteiger charge is -2.28. The number of anilines is 1. The molecule has 1 aliphatic rings. The number of para-hydroxylation sites is 1. The van der Waals surface area contributed by atoms with Crippen molar-refractivity contribution in [1.82, 2.24) is 4.31 Å². The van der Waals surface area contributed by atoms with Crippen molar-refractivity contribution in [3.05, 3.63) is 66.2 Å². The average Bonchev–Trinajstić information content (AvgIpc) is 2.92. The van der Waals surface area contributed by atoms with E-state index in [1.54, 1.807) is 37.3 Å². The summed E-state index contributed by atoms with van der Waals surface area (Å²) in [6, 6.07) is 11.1. The smallest absolute Gasteiger partial charge is 0.323 e. The Morgan fingerprint density at radius 3 is 2.40 bits per heavy atom. The van der Waals surface area contributed by atoms with E-state index in [9.17, 15) is 23.1 Å². The maximum absolute atomic E-state index is 13.4. The minimum Gasteiger partial charge on any atom is -0.497 e. The van der Waals surface area contributed by atoms with Crippen LogP contribution in [0.4, 0.5) is 5.69 Å². The van der Waals surface area contributed by atoms with E-state index in [2.05, 4.69) is 0 Å².